The van der Waals surface area contributed by atoms with Crippen molar-refractivity contribution in [3.8, 4) is 0 Å². The second-order valence-corrected chi connectivity index (χ2v) is 4.33. The van der Waals surface area contributed by atoms with E-state index in [0.29, 0.717) is 12.2 Å². The zero-order valence-corrected chi connectivity index (χ0v) is 9.83. The molecule has 4 N–H and O–H groups in total. The predicted molar refractivity (Wildman–Crippen MR) is 69.1 cm³/mol. The molecule has 0 aliphatic heterocycles. The third-order valence-electron chi connectivity index (χ3n) is 2.06. The van der Waals surface area contributed by atoms with Gasteiger partial charge in [-0.1, -0.05) is 6.07 Å². The van der Waals surface area contributed by atoms with Crippen LogP contribution in [-0.4, -0.2) is 11.0 Å². The van der Waals surface area contributed by atoms with Gasteiger partial charge >= 0.3 is 6.03 Å². The van der Waals surface area contributed by atoms with Crippen molar-refractivity contribution in [2.45, 2.75) is 6.54 Å². The number of thiazole rings is 1. The van der Waals surface area contributed by atoms with Crippen LogP contribution >= 0.6 is 11.3 Å². The van der Waals surface area contributed by atoms with Gasteiger partial charge < -0.3 is 16.4 Å². The number of hydrogen-bond donors (Lipinski definition) is 3. The van der Waals surface area contributed by atoms with E-state index < -0.39 is 6.03 Å². The first-order chi connectivity index (χ1) is 8.24. The molecule has 17 heavy (non-hydrogen) atoms. The number of nitrogens with one attached hydrogen (secondary N) is 2. The molecule has 0 saturated carbocycles. The average molecular weight is 248 g/mol. The van der Waals surface area contributed by atoms with Gasteiger partial charge in [0.25, 0.3) is 0 Å². The van der Waals surface area contributed by atoms with Crippen molar-refractivity contribution in [2.75, 3.05) is 10.6 Å². The Balaban J connectivity index is 1.98. The van der Waals surface area contributed by atoms with Gasteiger partial charge in [-0.2, -0.15) is 0 Å². The molecule has 0 saturated heterocycles. The molecule has 0 radical (unpaired) electrons. The van der Waals surface area contributed by atoms with Crippen LogP contribution in [-0.2, 0) is 6.54 Å². The monoisotopic (exact) mass is 248 g/mol. The molecule has 2 amide bonds. The maximum absolute atomic E-state index is 10.7. The number of anilines is 2. The summed E-state index contributed by atoms with van der Waals surface area (Å²) in [6.07, 6.45) is 1.77. The number of nitrogens with two attached hydrogens (primary N) is 1. The Hall–Kier alpha value is -2.08. The highest BCUT2D eigenvalue weighted by Crippen LogP contribution is 2.16. The van der Waals surface area contributed by atoms with Crippen LogP contribution in [0.15, 0.2) is 35.8 Å². The molecule has 0 atom stereocenters. The third-order valence-corrected chi connectivity index (χ3v) is 2.84. The lowest BCUT2D eigenvalue weighted by Gasteiger charge is -2.07. The molecular weight excluding hydrogens is 236 g/mol. The van der Waals surface area contributed by atoms with Crippen molar-refractivity contribution in [2.24, 2.45) is 5.73 Å². The Kier molecular flexibility index (Phi) is 3.56. The predicted octanol–water partition coefficient (Wildman–Crippen LogP) is 2.25. The molecule has 2 rings (SSSR count). The summed E-state index contributed by atoms with van der Waals surface area (Å²) in [6, 6.07) is 6.79. The number of rotatable bonds is 4. The summed E-state index contributed by atoms with van der Waals surface area (Å²) in [5, 5.41) is 8.69. The molecule has 1 aromatic carbocycles. The van der Waals surface area contributed by atoms with E-state index in [0.717, 1.165) is 10.7 Å². The molecule has 5 nitrogen and oxygen atoms in total. The van der Waals surface area contributed by atoms with Gasteiger partial charge in [0.2, 0.25) is 0 Å². The van der Waals surface area contributed by atoms with E-state index in [2.05, 4.69) is 15.6 Å². The quantitative estimate of drug-likeness (QED) is 0.776. The van der Waals surface area contributed by atoms with Gasteiger partial charge in [0.15, 0.2) is 0 Å². The molecule has 0 fully saturated rings. The third kappa shape index (κ3) is 3.46. The lowest BCUT2D eigenvalue weighted by atomic mass is 10.3. The van der Waals surface area contributed by atoms with Crippen LogP contribution in [0, 0.1) is 0 Å². The fraction of sp³-hybridized carbons (Fsp3) is 0.0909. The first-order valence-electron chi connectivity index (χ1n) is 5.03. The zero-order chi connectivity index (χ0) is 12.1. The van der Waals surface area contributed by atoms with Gasteiger partial charge in [-0.25, -0.2) is 9.78 Å². The van der Waals surface area contributed by atoms with Crippen molar-refractivity contribution in [3.63, 3.8) is 0 Å². The first kappa shape index (κ1) is 11.4. The summed E-state index contributed by atoms with van der Waals surface area (Å²) in [6.45, 7) is 0.664. The number of amides is 2. The Morgan fingerprint density at radius 2 is 2.24 bits per heavy atom. The fourth-order valence-electron chi connectivity index (χ4n) is 1.37. The number of carbonyl (C=O) groups is 1. The minimum Gasteiger partial charge on any atom is -0.378 e. The SMILES string of the molecule is NC(=O)Nc1cccc(NCc2nccs2)c1. The number of urea groups is 1. The smallest absolute Gasteiger partial charge is 0.316 e. The van der Waals surface area contributed by atoms with Crippen molar-refractivity contribution in [1.29, 1.82) is 0 Å². The highest BCUT2D eigenvalue weighted by Gasteiger charge is 1.99. The van der Waals surface area contributed by atoms with Crippen LogP contribution in [0.5, 0.6) is 0 Å². The molecule has 1 heterocycles. The van der Waals surface area contributed by atoms with E-state index in [1.807, 2.05) is 23.6 Å². The molecule has 6 heteroatoms. The van der Waals surface area contributed by atoms with E-state index in [1.54, 1.807) is 23.6 Å². The number of primary amides is 1. The number of aromatic nitrogens is 1. The fourth-order valence-corrected chi connectivity index (χ4v) is 1.92. The average Bonchev–Trinajstić information content (AvgIpc) is 2.79. The van der Waals surface area contributed by atoms with Crippen LogP contribution in [0.2, 0.25) is 0 Å². The summed E-state index contributed by atoms with van der Waals surface area (Å²) in [5.74, 6) is 0. The van der Waals surface area contributed by atoms with Crippen LogP contribution in [0.25, 0.3) is 0 Å². The minimum atomic E-state index is -0.568. The molecule has 0 unspecified atom stereocenters. The molecular formula is C11H12N4OS. The Morgan fingerprint density at radius 3 is 2.94 bits per heavy atom. The van der Waals surface area contributed by atoms with Crippen molar-refractivity contribution in [1.82, 2.24) is 4.98 Å². The summed E-state index contributed by atoms with van der Waals surface area (Å²) in [5.41, 5.74) is 6.62. The lowest BCUT2D eigenvalue weighted by Crippen LogP contribution is -2.19. The number of benzene rings is 1. The Morgan fingerprint density at radius 1 is 1.41 bits per heavy atom. The number of nitrogens with zero attached hydrogens (tertiary/aromatic N) is 1. The maximum atomic E-state index is 10.7. The van der Waals surface area contributed by atoms with Crippen LogP contribution < -0.4 is 16.4 Å². The van der Waals surface area contributed by atoms with Crippen molar-refractivity contribution >= 4 is 28.7 Å². The lowest BCUT2D eigenvalue weighted by molar-refractivity contribution is 0.259. The minimum absolute atomic E-state index is 0.568. The first-order valence-corrected chi connectivity index (χ1v) is 5.91. The van der Waals surface area contributed by atoms with E-state index in [1.165, 1.54) is 0 Å². The summed E-state index contributed by atoms with van der Waals surface area (Å²) >= 11 is 1.59. The summed E-state index contributed by atoms with van der Waals surface area (Å²) < 4.78 is 0. The second-order valence-electron chi connectivity index (χ2n) is 3.35. The summed E-state index contributed by atoms with van der Waals surface area (Å²) in [4.78, 5) is 14.9. The normalized spacial score (nSPS) is 9.88. The standard InChI is InChI=1S/C11H12N4OS/c12-11(16)15-9-3-1-2-8(6-9)14-7-10-13-4-5-17-10/h1-6,14H,7H2,(H3,12,15,16). The second kappa shape index (κ2) is 5.31. The topological polar surface area (TPSA) is 80.0 Å². The summed E-state index contributed by atoms with van der Waals surface area (Å²) in [7, 11) is 0. The molecule has 0 bridgehead atoms. The Bertz CT molecular complexity index is 498. The van der Waals surface area contributed by atoms with Gasteiger partial charge in [-0.3, -0.25) is 0 Å². The molecule has 0 aliphatic carbocycles. The molecule has 0 spiro atoms. The van der Waals surface area contributed by atoms with E-state index >= 15 is 0 Å². The largest absolute Gasteiger partial charge is 0.378 e. The maximum Gasteiger partial charge on any atom is 0.316 e. The molecule has 88 valence electrons. The van der Waals surface area contributed by atoms with E-state index in [-0.39, 0.29) is 0 Å². The number of carbonyl (C=O) groups excluding carboxylic acids is 1. The molecule has 1 aromatic heterocycles. The van der Waals surface area contributed by atoms with Crippen LogP contribution in [0.1, 0.15) is 5.01 Å². The van der Waals surface area contributed by atoms with E-state index in [9.17, 15) is 4.79 Å². The van der Waals surface area contributed by atoms with Crippen molar-refractivity contribution < 1.29 is 4.79 Å². The number of hydrogen-bond acceptors (Lipinski definition) is 4. The van der Waals surface area contributed by atoms with Crippen molar-refractivity contribution in [3.05, 3.63) is 40.8 Å². The Labute approximate surface area is 103 Å². The van der Waals surface area contributed by atoms with Gasteiger partial charge in [0.05, 0.1) is 6.54 Å². The van der Waals surface area contributed by atoms with Gasteiger partial charge in [0, 0.05) is 23.0 Å². The van der Waals surface area contributed by atoms with Gasteiger partial charge in [-0.05, 0) is 18.2 Å². The van der Waals surface area contributed by atoms with Crippen LogP contribution in [0.3, 0.4) is 0 Å². The van der Waals surface area contributed by atoms with E-state index in [4.69, 9.17) is 5.73 Å². The zero-order valence-electron chi connectivity index (χ0n) is 9.01. The highest BCUT2D eigenvalue weighted by molar-refractivity contribution is 7.09. The van der Waals surface area contributed by atoms with Crippen LogP contribution in [0.4, 0.5) is 16.2 Å². The van der Waals surface area contributed by atoms with Gasteiger partial charge in [0.1, 0.15) is 5.01 Å². The highest BCUT2D eigenvalue weighted by atomic mass is 32.1. The molecule has 0 aliphatic rings. The molecule has 2 aromatic rings. The van der Waals surface area contributed by atoms with Gasteiger partial charge in [-0.15, -0.1) is 11.3 Å².